The maximum atomic E-state index is 9.05. The first-order valence-corrected chi connectivity index (χ1v) is 3.20. The third-order valence-corrected chi connectivity index (χ3v) is 1.40. The van der Waals surface area contributed by atoms with Gasteiger partial charge in [0, 0.05) is 5.56 Å². The largest absolute Gasteiger partial charge is 0.508 e. The summed E-state index contributed by atoms with van der Waals surface area (Å²) in [6.07, 6.45) is 1.63. The first kappa shape index (κ1) is 7.54. The fourth-order valence-corrected chi connectivity index (χ4v) is 0.849. The second-order valence-electron chi connectivity index (χ2n) is 2.11. The maximum Gasteiger partial charge on any atom is 0.116 e. The summed E-state index contributed by atoms with van der Waals surface area (Å²) in [6.45, 7) is 6.97. The quantitative estimate of drug-likeness (QED) is 0.640. The van der Waals surface area contributed by atoms with Crippen LogP contribution in [0.1, 0.15) is 5.56 Å². The first-order chi connectivity index (χ1) is 5.27. The Morgan fingerprint density at radius 3 is 2.73 bits per heavy atom. The van der Waals surface area contributed by atoms with Crippen LogP contribution in [0.5, 0.6) is 5.75 Å². The Labute approximate surface area is 65.5 Å². The molecule has 0 amide bonds. The molecule has 1 aromatic carbocycles. The molecule has 0 fully saturated rings. The Hall–Kier alpha value is -1.57. The number of hydrogen-bond donors (Lipinski definition) is 1. The lowest BCUT2D eigenvalue weighted by molar-refractivity contribution is 0.475. The molecule has 11 heavy (non-hydrogen) atoms. The minimum absolute atomic E-state index is 0.215. The topological polar surface area (TPSA) is 32.6 Å². The van der Waals surface area contributed by atoms with Crippen molar-refractivity contribution in [2.24, 2.45) is 4.99 Å². The highest BCUT2D eigenvalue weighted by molar-refractivity contribution is 5.66. The lowest BCUT2D eigenvalue weighted by Gasteiger charge is -1.99. The second kappa shape index (κ2) is 3.01. The summed E-state index contributed by atoms with van der Waals surface area (Å²) in [5, 5.41) is 9.05. The van der Waals surface area contributed by atoms with Crippen molar-refractivity contribution >= 4 is 18.5 Å². The zero-order valence-corrected chi connectivity index (χ0v) is 6.12. The molecule has 1 rings (SSSR count). The molecule has 0 saturated carbocycles. The van der Waals surface area contributed by atoms with Gasteiger partial charge in [0.25, 0.3) is 0 Å². The van der Waals surface area contributed by atoms with Crippen LogP contribution in [0, 0.1) is 0 Å². The minimum atomic E-state index is 0.215. The van der Waals surface area contributed by atoms with Gasteiger partial charge < -0.3 is 5.11 Å². The molecule has 0 radical (unpaired) electrons. The highest BCUT2D eigenvalue weighted by Gasteiger charge is 1.96. The van der Waals surface area contributed by atoms with E-state index in [1.165, 1.54) is 0 Å². The fourth-order valence-electron chi connectivity index (χ4n) is 0.849. The molecular weight excluding hydrogens is 138 g/mol. The summed E-state index contributed by atoms with van der Waals surface area (Å²) in [5.41, 5.74) is 1.53. The number of aromatic hydroxyl groups is 1. The van der Waals surface area contributed by atoms with Crippen molar-refractivity contribution < 1.29 is 5.11 Å². The zero-order valence-electron chi connectivity index (χ0n) is 6.12. The van der Waals surface area contributed by atoms with Gasteiger partial charge in [-0.15, -0.1) is 0 Å². The minimum Gasteiger partial charge on any atom is -0.508 e. The second-order valence-corrected chi connectivity index (χ2v) is 2.11. The Bertz CT molecular complexity index is 292. The molecule has 1 N–H and O–H groups in total. The lowest BCUT2D eigenvalue weighted by atomic mass is 10.2. The summed E-state index contributed by atoms with van der Waals surface area (Å²) >= 11 is 0. The van der Waals surface area contributed by atoms with Gasteiger partial charge in [-0.2, -0.15) is 0 Å². The lowest BCUT2D eigenvalue weighted by Crippen LogP contribution is -1.72. The van der Waals surface area contributed by atoms with Gasteiger partial charge in [0.2, 0.25) is 0 Å². The summed E-state index contributed by atoms with van der Waals surface area (Å²) in [6, 6.07) is 4.85. The van der Waals surface area contributed by atoms with Crippen LogP contribution in [0.25, 0.3) is 6.08 Å². The van der Waals surface area contributed by atoms with Gasteiger partial charge >= 0.3 is 0 Å². The number of nitrogens with zero attached hydrogens (tertiary/aromatic N) is 1. The fraction of sp³-hybridized carbons (Fsp3) is 0. The third kappa shape index (κ3) is 1.46. The van der Waals surface area contributed by atoms with E-state index >= 15 is 0 Å². The highest BCUT2D eigenvalue weighted by atomic mass is 16.3. The first-order valence-electron chi connectivity index (χ1n) is 3.20. The molecule has 0 saturated heterocycles. The molecular formula is C9H9NO. The van der Waals surface area contributed by atoms with Crippen LogP contribution in [-0.2, 0) is 0 Å². The monoisotopic (exact) mass is 147 g/mol. The maximum absolute atomic E-state index is 9.05. The summed E-state index contributed by atoms with van der Waals surface area (Å²) in [5.74, 6) is 0.215. The Morgan fingerprint density at radius 2 is 2.18 bits per heavy atom. The Morgan fingerprint density at radius 1 is 1.45 bits per heavy atom. The Kier molecular flexibility index (Phi) is 2.06. The average molecular weight is 147 g/mol. The van der Waals surface area contributed by atoms with Crippen molar-refractivity contribution in [1.82, 2.24) is 0 Å². The molecule has 56 valence electrons. The van der Waals surface area contributed by atoms with Gasteiger partial charge in [-0.3, -0.25) is 4.99 Å². The van der Waals surface area contributed by atoms with Crippen molar-refractivity contribution in [2.75, 3.05) is 0 Å². The van der Waals surface area contributed by atoms with E-state index in [0.717, 1.165) is 11.3 Å². The molecule has 1 aromatic rings. The summed E-state index contributed by atoms with van der Waals surface area (Å²) in [7, 11) is 0. The van der Waals surface area contributed by atoms with Gasteiger partial charge in [0.1, 0.15) is 5.75 Å². The van der Waals surface area contributed by atoms with E-state index in [9.17, 15) is 0 Å². The van der Waals surface area contributed by atoms with Crippen LogP contribution in [0.3, 0.4) is 0 Å². The number of hydrogen-bond acceptors (Lipinski definition) is 2. The number of benzene rings is 1. The third-order valence-electron chi connectivity index (χ3n) is 1.40. The van der Waals surface area contributed by atoms with E-state index in [-0.39, 0.29) is 5.75 Å². The molecule has 2 nitrogen and oxygen atoms in total. The number of aliphatic imine (C=N–C) groups is 1. The molecule has 0 spiro atoms. The standard InChI is InChI=1S/C9H9NO/c1-3-7-6-8(11)4-5-9(7)10-2/h3-6,11H,1-2H2. The van der Waals surface area contributed by atoms with Crippen molar-refractivity contribution in [3.8, 4) is 5.75 Å². The van der Waals surface area contributed by atoms with E-state index in [4.69, 9.17) is 5.11 Å². The van der Waals surface area contributed by atoms with Gasteiger partial charge in [-0.05, 0) is 24.9 Å². The molecule has 0 aliphatic heterocycles. The highest BCUT2D eigenvalue weighted by Crippen LogP contribution is 2.23. The van der Waals surface area contributed by atoms with Crippen LogP contribution in [0.4, 0.5) is 5.69 Å². The van der Waals surface area contributed by atoms with Crippen LogP contribution >= 0.6 is 0 Å². The van der Waals surface area contributed by atoms with Crippen LogP contribution in [0.15, 0.2) is 29.8 Å². The predicted octanol–water partition coefficient (Wildman–Crippen LogP) is 2.37. The molecule has 0 bridgehead atoms. The van der Waals surface area contributed by atoms with E-state index < -0.39 is 0 Å². The zero-order chi connectivity index (χ0) is 8.27. The van der Waals surface area contributed by atoms with E-state index in [1.807, 2.05) is 0 Å². The molecule has 0 aliphatic carbocycles. The van der Waals surface area contributed by atoms with Gasteiger partial charge in [0.15, 0.2) is 0 Å². The molecule has 0 unspecified atom stereocenters. The van der Waals surface area contributed by atoms with E-state index in [2.05, 4.69) is 18.3 Å². The van der Waals surface area contributed by atoms with Gasteiger partial charge in [-0.1, -0.05) is 12.7 Å². The average Bonchev–Trinajstić information content (AvgIpc) is 2.04. The van der Waals surface area contributed by atoms with Crippen molar-refractivity contribution in [3.63, 3.8) is 0 Å². The number of phenolic OH excluding ortho intramolecular Hbond substituents is 1. The van der Waals surface area contributed by atoms with E-state index in [1.54, 1.807) is 24.3 Å². The Balaban J connectivity index is 3.26. The predicted molar refractivity (Wildman–Crippen MR) is 47.4 cm³/mol. The van der Waals surface area contributed by atoms with Crippen molar-refractivity contribution in [3.05, 3.63) is 30.3 Å². The van der Waals surface area contributed by atoms with Gasteiger partial charge in [0.05, 0.1) is 5.69 Å². The summed E-state index contributed by atoms with van der Waals surface area (Å²) in [4.78, 5) is 3.75. The molecule has 0 atom stereocenters. The van der Waals surface area contributed by atoms with Crippen LogP contribution < -0.4 is 0 Å². The van der Waals surface area contributed by atoms with Crippen LogP contribution in [0.2, 0.25) is 0 Å². The number of phenols is 1. The summed E-state index contributed by atoms with van der Waals surface area (Å²) < 4.78 is 0. The normalized spacial score (nSPS) is 9.09. The molecule has 0 aromatic heterocycles. The van der Waals surface area contributed by atoms with Gasteiger partial charge in [-0.25, -0.2) is 0 Å². The molecule has 0 heterocycles. The van der Waals surface area contributed by atoms with Crippen LogP contribution in [-0.4, -0.2) is 11.8 Å². The smallest absolute Gasteiger partial charge is 0.116 e. The van der Waals surface area contributed by atoms with E-state index in [0.29, 0.717) is 0 Å². The molecule has 0 aliphatic rings. The van der Waals surface area contributed by atoms with Crippen molar-refractivity contribution in [2.45, 2.75) is 0 Å². The van der Waals surface area contributed by atoms with Crippen molar-refractivity contribution in [1.29, 1.82) is 0 Å². The molecule has 2 heteroatoms. The number of rotatable bonds is 2. The SMILES string of the molecule is C=Cc1cc(O)ccc1N=C.